The third kappa shape index (κ3) is 1.88. The molecule has 0 saturated heterocycles. The molecule has 2 atom stereocenters. The summed E-state index contributed by atoms with van der Waals surface area (Å²) in [4.78, 5) is 0. The minimum atomic E-state index is -0.559. The monoisotopic (exact) mass is 199 g/mol. The van der Waals surface area contributed by atoms with Gasteiger partial charge in [0, 0.05) is 5.92 Å². The summed E-state index contributed by atoms with van der Waals surface area (Å²) < 4.78 is 0. The standard InChI is InChI=1S/C14H15O/c1-10(11(2)15)13-9-5-7-12-6-3-4-8-14(12)13/h3-11H,1-2H3. The molecule has 2 aromatic carbocycles. The maximum absolute atomic E-state index is 11.5. The highest BCUT2D eigenvalue weighted by molar-refractivity contribution is 5.86. The third-order valence-electron chi connectivity index (χ3n) is 3.02. The van der Waals surface area contributed by atoms with E-state index in [0.717, 1.165) is 5.56 Å². The van der Waals surface area contributed by atoms with Crippen LogP contribution in [-0.4, -0.2) is 6.10 Å². The fourth-order valence-electron chi connectivity index (χ4n) is 1.90. The van der Waals surface area contributed by atoms with Crippen LogP contribution < -0.4 is 0 Å². The highest BCUT2D eigenvalue weighted by Crippen LogP contribution is 2.27. The maximum Gasteiger partial charge on any atom is 0.0967 e. The predicted octanol–water partition coefficient (Wildman–Crippen LogP) is 3.76. The smallest absolute Gasteiger partial charge is 0.0967 e. The van der Waals surface area contributed by atoms with Crippen LogP contribution in [0.15, 0.2) is 42.5 Å². The molecule has 0 aliphatic heterocycles. The molecule has 1 radical (unpaired) electrons. The summed E-state index contributed by atoms with van der Waals surface area (Å²) in [5, 5.41) is 13.9. The molecule has 2 aromatic rings. The van der Waals surface area contributed by atoms with Gasteiger partial charge in [-0.05, 0) is 23.3 Å². The van der Waals surface area contributed by atoms with Crippen LogP contribution >= 0.6 is 0 Å². The molecule has 0 saturated carbocycles. The predicted molar refractivity (Wildman–Crippen MR) is 62.5 cm³/mol. The lowest BCUT2D eigenvalue weighted by Gasteiger charge is -2.15. The van der Waals surface area contributed by atoms with Gasteiger partial charge in [-0.3, -0.25) is 0 Å². The Morgan fingerprint density at radius 3 is 2.33 bits per heavy atom. The van der Waals surface area contributed by atoms with E-state index in [1.807, 2.05) is 25.1 Å². The molecule has 0 aliphatic carbocycles. The van der Waals surface area contributed by atoms with Gasteiger partial charge in [0.25, 0.3) is 0 Å². The first-order valence-corrected chi connectivity index (χ1v) is 5.33. The molecule has 0 spiro atoms. The summed E-state index contributed by atoms with van der Waals surface area (Å²) in [6.45, 7) is 3.73. The van der Waals surface area contributed by atoms with E-state index < -0.39 is 6.10 Å². The lowest BCUT2D eigenvalue weighted by molar-refractivity contribution is 0.0856. The molecule has 2 unspecified atom stereocenters. The van der Waals surface area contributed by atoms with Gasteiger partial charge in [0.1, 0.15) is 0 Å². The molecule has 15 heavy (non-hydrogen) atoms. The van der Waals surface area contributed by atoms with Crippen LogP contribution in [0.3, 0.4) is 0 Å². The Morgan fingerprint density at radius 2 is 1.60 bits per heavy atom. The van der Waals surface area contributed by atoms with E-state index in [1.54, 1.807) is 6.92 Å². The first-order valence-electron chi connectivity index (χ1n) is 5.33. The molecule has 0 aliphatic rings. The van der Waals surface area contributed by atoms with Crippen LogP contribution in [-0.2, 0) is 5.11 Å². The molecule has 0 amide bonds. The second-order valence-electron chi connectivity index (χ2n) is 4.06. The van der Waals surface area contributed by atoms with E-state index in [4.69, 9.17) is 0 Å². The number of rotatable bonds is 2. The topological polar surface area (TPSA) is 19.9 Å². The first kappa shape index (κ1) is 10.2. The lowest BCUT2D eigenvalue weighted by atomic mass is 9.91. The van der Waals surface area contributed by atoms with Crippen LogP contribution in [0, 0.1) is 0 Å². The molecule has 0 N–H and O–H groups in total. The van der Waals surface area contributed by atoms with Crippen molar-refractivity contribution in [2.45, 2.75) is 25.9 Å². The maximum atomic E-state index is 11.5. The van der Waals surface area contributed by atoms with Crippen molar-refractivity contribution >= 4 is 10.8 Å². The van der Waals surface area contributed by atoms with E-state index in [2.05, 4.69) is 24.3 Å². The first-order chi connectivity index (χ1) is 7.20. The molecule has 0 fully saturated rings. The molecular weight excluding hydrogens is 184 g/mol. The minimum absolute atomic E-state index is 0.0658. The summed E-state index contributed by atoms with van der Waals surface area (Å²) in [5.41, 5.74) is 1.16. The highest BCUT2D eigenvalue weighted by Gasteiger charge is 2.14. The van der Waals surface area contributed by atoms with Crippen molar-refractivity contribution in [1.82, 2.24) is 0 Å². The van der Waals surface area contributed by atoms with Crippen molar-refractivity contribution in [2.75, 3.05) is 0 Å². The van der Waals surface area contributed by atoms with Gasteiger partial charge in [-0.1, -0.05) is 49.4 Å². The number of hydrogen-bond acceptors (Lipinski definition) is 0. The molecule has 0 bridgehead atoms. The summed E-state index contributed by atoms with van der Waals surface area (Å²) in [6, 6.07) is 14.4. The van der Waals surface area contributed by atoms with Gasteiger partial charge in [-0.15, -0.1) is 0 Å². The normalized spacial score (nSPS) is 15.1. The zero-order chi connectivity index (χ0) is 10.8. The fourth-order valence-corrected chi connectivity index (χ4v) is 1.90. The van der Waals surface area contributed by atoms with Crippen molar-refractivity contribution in [2.24, 2.45) is 0 Å². The minimum Gasteiger partial charge on any atom is -0.233 e. The Kier molecular flexibility index (Phi) is 2.74. The number of benzene rings is 2. The average Bonchev–Trinajstić information content (AvgIpc) is 2.27. The molecule has 2 rings (SSSR count). The number of hydrogen-bond donors (Lipinski definition) is 0. The highest BCUT2D eigenvalue weighted by atomic mass is 16.3. The second-order valence-corrected chi connectivity index (χ2v) is 4.06. The molecule has 1 nitrogen and oxygen atoms in total. The Bertz CT molecular complexity index is 454. The second kappa shape index (κ2) is 4.03. The van der Waals surface area contributed by atoms with E-state index in [1.165, 1.54) is 10.8 Å². The van der Waals surface area contributed by atoms with Crippen LogP contribution in [0.5, 0.6) is 0 Å². The molecule has 0 aromatic heterocycles. The van der Waals surface area contributed by atoms with Gasteiger partial charge in [0.05, 0.1) is 6.10 Å². The quantitative estimate of drug-likeness (QED) is 0.701. The van der Waals surface area contributed by atoms with Crippen molar-refractivity contribution in [3.05, 3.63) is 48.0 Å². The van der Waals surface area contributed by atoms with E-state index in [-0.39, 0.29) is 5.92 Å². The van der Waals surface area contributed by atoms with Gasteiger partial charge in [0.2, 0.25) is 0 Å². The van der Waals surface area contributed by atoms with Crippen molar-refractivity contribution in [3.63, 3.8) is 0 Å². The van der Waals surface area contributed by atoms with Gasteiger partial charge in [-0.25, -0.2) is 5.11 Å². The zero-order valence-electron chi connectivity index (χ0n) is 9.10. The van der Waals surface area contributed by atoms with E-state index in [9.17, 15) is 5.11 Å². The molecule has 77 valence electrons. The molecular formula is C14H15O. The van der Waals surface area contributed by atoms with Crippen molar-refractivity contribution in [3.8, 4) is 0 Å². The van der Waals surface area contributed by atoms with Crippen LogP contribution in [0.25, 0.3) is 10.8 Å². The molecule has 0 heterocycles. The number of fused-ring (bicyclic) bond motifs is 1. The van der Waals surface area contributed by atoms with Crippen LogP contribution in [0.2, 0.25) is 0 Å². The van der Waals surface area contributed by atoms with Crippen LogP contribution in [0.1, 0.15) is 25.3 Å². The molecule has 1 heteroatoms. The summed E-state index contributed by atoms with van der Waals surface area (Å²) in [5.74, 6) is 0.0658. The van der Waals surface area contributed by atoms with Crippen molar-refractivity contribution < 1.29 is 5.11 Å². The van der Waals surface area contributed by atoms with E-state index >= 15 is 0 Å². The fraction of sp³-hybridized carbons (Fsp3) is 0.286. The lowest BCUT2D eigenvalue weighted by Crippen LogP contribution is -2.09. The Labute approximate surface area is 90.4 Å². The Hall–Kier alpha value is -1.34. The van der Waals surface area contributed by atoms with Gasteiger partial charge in [0.15, 0.2) is 0 Å². The summed E-state index contributed by atoms with van der Waals surface area (Å²) in [7, 11) is 0. The Balaban J connectivity index is 2.60. The Morgan fingerprint density at radius 1 is 0.933 bits per heavy atom. The summed E-state index contributed by atoms with van der Waals surface area (Å²) >= 11 is 0. The SMILES string of the molecule is CC([O])C(C)c1cccc2ccccc12. The van der Waals surface area contributed by atoms with Crippen molar-refractivity contribution in [1.29, 1.82) is 0 Å². The zero-order valence-corrected chi connectivity index (χ0v) is 9.10. The van der Waals surface area contributed by atoms with Gasteiger partial charge >= 0.3 is 0 Å². The van der Waals surface area contributed by atoms with E-state index in [0.29, 0.717) is 0 Å². The van der Waals surface area contributed by atoms with Crippen LogP contribution in [0.4, 0.5) is 0 Å². The van der Waals surface area contributed by atoms with Gasteiger partial charge < -0.3 is 0 Å². The van der Waals surface area contributed by atoms with Gasteiger partial charge in [-0.2, -0.15) is 0 Å². The largest absolute Gasteiger partial charge is 0.233 e. The summed E-state index contributed by atoms with van der Waals surface area (Å²) in [6.07, 6.45) is -0.559. The average molecular weight is 199 g/mol. The third-order valence-corrected chi connectivity index (χ3v) is 3.02.